The van der Waals surface area contributed by atoms with Crippen LogP contribution in [0.25, 0.3) is 0 Å². The van der Waals surface area contributed by atoms with Crippen molar-refractivity contribution in [3.63, 3.8) is 0 Å². The minimum atomic E-state index is -0.175. The summed E-state index contributed by atoms with van der Waals surface area (Å²) < 4.78 is 3.43. The van der Waals surface area contributed by atoms with E-state index in [1.807, 2.05) is 38.1 Å². The largest absolute Gasteiger partial charge is 0.308 e. The van der Waals surface area contributed by atoms with Crippen LogP contribution in [0.15, 0.2) is 36.5 Å². The number of aromatic nitrogens is 4. The predicted molar refractivity (Wildman–Crippen MR) is 98.1 cm³/mol. The second-order valence-electron chi connectivity index (χ2n) is 5.76. The highest BCUT2D eigenvalue weighted by molar-refractivity contribution is 6.42. The van der Waals surface area contributed by atoms with Crippen molar-refractivity contribution in [3.05, 3.63) is 63.5 Å². The van der Waals surface area contributed by atoms with Crippen LogP contribution < -0.4 is 5.32 Å². The predicted octanol–water partition coefficient (Wildman–Crippen LogP) is 3.69. The van der Waals surface area contributed by atoms with E-state index < -0.39 is 0 Å². The topological polar surface area (TPSA) is 64.7 Å². The van der Waals surface area contributed by atoms with E-state index in [0.29, 0.717) is 22.4 Å². The van der Waals surface area contributed by atoms with Crippen LogP contribution in [0.1, 0.15) is 17.0 Å². The van der Waals surface area contributed by atoms with Gasteiger partial charge in [-0.05, 0) is 37.6 Å². The standard InChI is InChI=1S/C17H17Cl2N5O/c1-11-5-6-20-23(11)10-17(25)21-16-7-12(2)24(22-16)9-13-3-4-14(18)15(19)8-13/h3-8H,9-10H2,1-2H3,(H,21,22,25). The molecule has 0 aliphatic rings. The first-order chi connectivity index (χ1) is 11.9. The average Bonchev–Trinajstić information content (AvgIpc) is 3.09. The van der Waals surface area contributed by atoms with Gasteiger partial charge < -0.3 is 5.32 Å². The molecule has 0 aliphatic heterocycles. The molecule has 0 atom stereocenters. The summed E-state index contributed by atoms with van der Waals surface area (Å²) >= 11 is 12.0. The molecule has 6 nitrogen and oxygen atoms in total. The van der Waals surface area contributed by atoms with E-state index in [1.165, 1.54) is 0 Å². The maximum absolute atomic E-state index is 12.1. The summed E-state index contributed by atoms with van der Waals surface area (Å²) in [6.07, 6.45) is 1.67. The highest BCUT2D eigenvalue weighted by Crippen LogP contribution is 2.23. The lowest BCUT2D eigenvalue weighted by atomic mass is 10.2. The van der Waals surface area contributed by atoms with Crippen LogP contribution in [0.3, 0.4) is 0 Å². The Kier molecular flexibility index (Phi) is 5.11. The molecule has 0 unspecified atom stereocenters. The van der Waals surface area contributed by atoms with E-state index in [-0.39, 0.29) is 12.5 Å². The second-order valence-corrected chi connectivity index (χ2v) is 6.57. The number of benzene rings is 1. The van der Waals surface area contributed by atoms with Crippen molar-refractivity contribution in [3.8, 4) is 0 Å². The molecular weight excluding hydrogens is 361 g/mol. The number of halogens is 2. The average molecular weight is 378 g/mol. The van der Waals surface area contributed by atoms with E-state index in [4.69, 9.17) is 23.2 Å². The molecule has 1 amide bonds. The molecule has 1 N–H and O–H groups in total. The van der Waals surface area contributed by atoms with Crippen LogP contribution >= 0.6 is 23.2 Å². The Labute approximate surface area is 155 Å². The van der Waals surface area contributed by atoms with E-state index in [2.05, 4.69) is 15.5 Å². The van der Waals surface area contributed by atoms with Crippen molar-refractivity contribution in [1.29, 1.82) is 0 Å². The Morgan fingerprint density at radius 2 is 1.88 bits per heavy atom. The Morgan fingerprint density at radius 3 is 2.56 bits per heavy atom. The number of aryl methyl sites for hydroxylation is 2. The zero-order chi connectivity index (χ0) is 18.0. The minimum Gasteiger partial charge on any atom is -0.308 e. The van der Waals surface area contributed by atoms with Gasteiger partial charge in [-0.25, -0.2) is 0 Å². The van der Waals surface area contributed by atoms with Crippen molar-refractivity contribution < 1.29 is 4.79 Å². The fraction of sp³-hybridized carbons (Fsp3) is 0.235. The quantitative estimate of drug-likeness (QED) is 0.737. The summed E-state index contributed by atoms with van der Waals surface area (Å²) in [6.45, 7) is 4.52. The highest BCUT2D eigenvalue weighted by atomic mass is 35.5. The van der Waals surface area contributed by atoms with Crippen LogP contribution in [0.5, 0.6) is 0 Å². The van der Waals surface area contributed by atoms with Crippen molar-refractivity contribution >= 4 is 34.9 Å². The Balaban J connectivity index is 1.68. The first-order valence-electron chi connectivity index (χ1n) is 7.69. The second kappa shape index (κ2) is 7.29. The molecule has 0 radical (unpaired) electrons. The molecule has 0 fully saturated rings. The first kappa shape index (κ1) is 17.5. The number of nitrogens with zero attached hydrogens (tertiary/aromatic N) is 4. The number of hydrogen-bond acceptors (Lipinski definition) is 3. The molecular formula is C17H17Cl2N5O. The lowest BCUT2D eigenvalue weighted by Crippen LogP contribution is -2.20. The van der Waals surface area contributed by atoms with Gasteiger partial charge in [0.25, 0.3) is 0 Å². The molecule has 3 rings (SSSR count). The lowest BCUT2D eigenvalue weighted by Gasteiger charge is -2.06. The van der Waals surface area contributed by atoms with Gasteiger partial charge in [0.15, 0.2) is 5.82 Å². The summed E-state index contributed by atoms with van der Waals surface area (Å²) in [5, 5.41) is 12.3. The Morgan fingerprint density at radius 1 is 1.08 bits per heavy atom. The van der Waals surface area contributed by atoms with Crippen molar-refractivity contribution in [2.75, 3.05) is 5.32 Å². The van der Waals surface area contributed by atoms with Crippen LogP contribution in [-0.4, -0.2) is 25.5 Å². The zero-order valence-corrected chi connectivity index (χ0v) is 15.3. The number of carbonyl (C=O) groups excluding carboxylic acids is 1. The molecule has 0 aliphatic carbocycles. The maximum Gasteiger partial charge on any atom is 0.247 e. The third-order valence-corrected chi connectivity index (χ3v) is 4.53. The van der Waals surface area contributed by atoms with Crippen LogP contribution in [0.2, 0.25) is 10.0 Å². The first-order valence-corrected chi connectivity index (χ1v) is 8.44. The van der Waals surface area contributed by atoms with Gasteiger partial charge in [0.2, 0.25) is 5.91 Å². The van der Waals surface area contributed by atoms with E-state index in [9.17, 15) is 4.79 Å². The monoisotopic (exact) mass is 377 g/mol. The van der Waals surface area contributed by atoms with Gasteiger partial charge in [-0.1, -0.05) is 29.3 Å². The smallest absolute Gasteiger partial charge is 0.247 e. The third kappa shape index (κ3) is 4.21. The maximum atomic E-state index is 12.1. The molecule has 0 saturated heterocycles. The van der Waals surface area contributed by atoms with E-state index in [0.717, 1.165) is 17.0 Å². The number of rotatable bonds is 5. The molecule has 130 valence electrons. The summed E-state index contributed by atoms with van der Waals surface area (Å²) in [5.41, 5.74) is 2.83. The number of anilines is 1. The molecule has 0 bridgehead atoms. The number of nitrogens with one attached hydrogen (secondary N) is 1. The fourth-order valence-electron chi connectivity index (χ4n) is 2.42. The van der Waals surface area contributed by atoms with Gasteiger partial charge in [0.05, 0.1) is 16.6 Å². The number of carbonyl (C=O) groups is 1. The third-order valence-electron chi connectivity index (χ3n) is 3.79. The van der Waals surface area contributed by atoms with Crippen molar-refractivity contribution in [1.82, 2.24) is 19.6 Å². The van der Waals surface area contributed by atoms with Crippen molar-refractivity contribution in [2.24, 2.45) is 0 Å². The summed E-state index contributed by atoms with van der Waals surface area (Å²) in [6, 6.07) is 9.14. The SMILES string of the molecule is Cc1ccnn1CC(=O)Nc1cc(C)n(Cc2ccc(Cl)c(Cl)c2)n1. The normalized spacial score (nSPS) is 10.9. The summed E-state index contributed by atoms with van der Waals surface area (Å²) in [7, 11) is 0. The van der Waals surface area contributed by atoms with Gasteiger partial charge >= 0.3 is 0 Å². The summed E-state index contributed by atoms with van der Waals surface area (Å²) in [5.74, 6) is 0.332. The molecule has 2 heterocycles. The highest BCUT2D eigenvalue weighted by Gasteiger charge is 2.10. The van der Waals surface area contributed by atoms with Gasteiger partial charge in [-0.2, -0.15) is 10.2 Å². The number of hydrogen-bond donors (Lipinski definition) is 1. The van der Waals surface area contributed by atoms with Crippen LogP contribution in [-0.2, 0) is 17.9 Å². The Bertz CT molecular complexity index is 916. The number of amides is 1. The molecule has 1 aromatic carbocycles. The van der Waals surface area contributed by atoms with Gasteiger partial charge in [0.1, 0.15) is 6.54 Å². The molecule has 0 saturated carbocycles. The molecule has 25 heavy (non-hydrogen) atoms. The Hall–Kier alpha value is -2.31. The molecule has 8 heteroatoms. The fourth-order valence-corrected chi connectivity index (χ4v) is 2.75. The molecule has 0 spiro atoms. The van der Waals surface area contributed by atoms with Gasteiger partial charge in [0, 0.05) is 23.7 Å². The van der Waals surface area contributed by atoms with E-state index in [1.54, 1.807) is 21.6 Å². The molecule has 3 aromatic rings. The van der Waals surface area contributed by atoms with Crippen LogP contribution in [0, 0.1) is 13.8 Å². The minimum absolute atomic E-state index is 0.150. The van der Waals surface area contributed by atoms with Gasteiger partial charge in [-0.3, -0.25) is 14.2 Å². The van der Waals surface area contributed by atoms with Gasteiger partial charge in [-0.15, -0.1) is 0 Å². The zero-order valence-electron chi connectivity index (χ0n) is 13.8. The van der Waals surface area contributed by atoms with E-state index >= 15 is 0 Å². The lowest BCUT2D eigenvalue weighted by molar-refractivity contribution is -0.117. The molecule has 2 aromatic heterocycles. The van der Waals surface area contributed by atoms with Crippen LogP contribution in [0.4, 0.5) is 5.82 Å². The van der Waals surface area contributed by atoms with Crippen molar-refractivity contribution in [2.45, 2.75) is 26.9 Å². The summed E-state index contributed by atoms with van der Waals surface area (Å²) in [4.78, 5) is 12.1.